The van der Waals surface area contributed by atoms with Crippen LogP contribution in [-0.2, 0) is 14.3 Å². The fourth-order valence-electron chi connectivity index (χ4n) is 4.62. The van der Waals surface area contributed by atoms with E-state index in [9.17, 15) is 9.59 Å². The average Bonchev–Trinajstić information content (AvgIpc) is 2.73. The van der Waals surface area contributed by atoms with Crippen LogP contribution >= 0.6 is 15.9 Å². The van der Waals surface area contributed by atoms with Gasteiger partial charge >= 0.3 is 5.97 Å². The minimum absolute atomic E-state index is 0.0744. The molecule has 3 atom stereocenters. The maximum Gasteiger partial charge on any atom is 0.316 e. The van der Waals surface area contributed by atoms with Crippen molar-refractivity contribution < 1.29 is 14.3 Å². The highest BCUT2D eigenvalue weighted by Gasteiger charge is 2.45. The number of hydrogen-bond acceptors (Lipinski definition) is 4. The molecule has 4 nitrogen and oxygen atoms in total. The predicted octanol–water partition coefficient (Wildman–Crippen LogP) is 5.62. The number of ether oxygens (including phenoxy) is 1. The molecule has 0 saturated carbocycles. The molecular weight excluding hydrogens is 454 g/mol. The van der Waals surface area contributed by atoms with Crippen LogP contribution in [0.3, 0.4) is 0 Å². The van der Waals surface area contributed by atoms with Gasteiger partial charge in [0.1, 0.15) is 5.92 Å². The van der Waals surface area contributed by atoms with Crippen LogP contribution in [0.25, 0.3) is 0 Å². The van der Waals surface area contributed by atoms with Crippen LogP contribution in [0.1, 0.15) is 49.7 Å². The zero-order valence-electron chi connectivity index (χ0n) is 17.7. The molecule has 0 radical (unpaired) electrons. The lowest BCUT2D eigenvalue weighted by Gasteiger charge is -2.40. The van der Waals surface area contributed by atoms with Crippen molar-refractivity contribution in [3.05, 3.63) is 93.7 Å². The zero-order chi connectivity index (χ0) is 22.1. The number of rotatable bonds is 4. The maximum atomic E-state index is 13.5. The summed E-state index contributed by atoms with van der Waals surface area (Å²) < 4.78 is 6.50. The van der Waals surface area contributed by atoms with Crippen LogP contribution < -0.4 is 5.32 Å². The van der Waals surface area contributed by atoms with Gasteiger partial charge in [0.25, 0.3) is 0 Å². The Bertz CT molecular complexity index is 1040. The first-order valence-corrected chi connectivity index (χ1v) is 11.4. The first-order chi connectivity index (χ1) is 14.8. The van der Waals surface area contributed by atoms with Crippen LogP contribution in [0.2, 0.25) is 0 Å². The highest BCUT2D eigenvalue weighted by molar-refractivity contribution is 9.10. The lowest BCUT2D eigenvalue weighted by molar-refractivity contribution is -0.151. The second-order valence-electron chi connectivity index (χ2n) is 8.47. The van der Waals surface area contributed by atoms with Crippen LogP contribution in [-0.4, -0.2) is 17.9 Å². The van der Waals surface area contributed by atoms with Crippen molar-refractivity contribution in [2.75, 3.05) is 0 Å². The number of carbonyl (C=O) groups is 2. The van der Waals surface area contributed by atoms with E-state index in [1.807, 2.05) is 56.3 Å². The van der Waals surface area contributed by atoms with Gasteiger partial charge in [-0.3, -0.25) is 9.59 Å². The smallest absolute Gasteiger partial charge is 0.316 e. The molecule has 3 unspecified atom stereocenters. The minimum atomic E-state index is -0.653. The van der Waals surface area contributed by atoms with Gasteiger partial charge in [0, 0.05) is 33.8 Å². The molecule has 2 aromatic rings. The quantitative estimate of drug-likeness (QED) is 0.578. The Balaban J connectivity index is 1.79. The normalized spacial score (nSPS) is 23.4. The number of Topliss-reactive ketones (excluding diaryl/α,β-unsaturated/α-hetero) is 1. The molecule has 1 N–H and O–H groups in total. The number of benzene rings is 2. The summed E-state index contributed by atoms with van der Waals surface area (Å²) in [5, 5.41) is 3.32. The second-order valence-corrected chi connectivity index (χ2v) is 9.39. The fraction of sp³-hybridized carbons (Fsp3) is 0.308. The summed E-state index contributed by atoms with van der Waals surface area (Å²) in [4.78, 5) is 26.5. The van der Waals surface area contributed by atoms with Gasteiger partial charge in [-0.05, 0) is 49.4 Å². The third-order valence-corrected chi connectivity index (χ3v) is 6.47. The highest BCUT2D eigenvalue weighted by Crippen LogP contribution is 2.47. The monoisotopic (exact) mass is 479 g/mol. The third kappa shape index (κ3) is 4.38. The minimum Gasteiger partial charge on any atom is -0.462 e. The molecule has 1 aliphatic carbocycles. The molecular formula is C26H26BrNO3. The summed E-state index contributed by atoms with van der Waals surface area (Å²) in [5.74, 6) is -1.24. The molecule has 31 heavy (non-hydrogen) atoms. The molecule has 4 rings (SSSR count). The molecule has 0 saturated heterocycles. The van der Waals surface area contributed by atoms with E-state index in [0.717, 1.165) is 21.3 Å². The molecule has 160 valence electrons. The first kappa shape index (κ1) is 21.6. The lowest BCUT2D eigenvalue weighted by Crippen LogP contribution is -2.42. The molecule has 1 aliphatic heterocycles. The number of esters is 1. The van der Waals surface area contributed by atoms with Gasteiger partial charge in [0.2, 0.25) is 0 Å². The average molecular weight is 480 g/mol. The Morgan fingerprint density at radius 3 is 2.39 bits per heavy atom. The Labute approximate surface area is 191 Å². The van der Waals surface area contributed by atoms with E-state index in [0.29, 0.717) is 24.1 Å². The van der Waals surface area contributed by atoms with Crippen molar-refractivity contribution in [1.82, 2.24) is 5.32 Å². The van der Waals surface area contributed by atoms with Crippen molar-refractivity contribution in [2.45, 2.75) is 44.6 Å². The van der Waals surface area contributed by atoms with Crippen molar-refractivity contribution in [3.8, 4) is 0 Å². The van der Waals surface area contributed by atoms with E-state index >= 15 is 0 Å². The highest BCUT2D eigenvalue weighted by atomic mass is 79.9. The molecule has 0 spiro atoms. The number of ketones is 1. The van der Waals surface area contributed by atoms with Crippen molar-refractivity contribution in [3.63, 3.8) is 0 Å². The summed E-state index contributed by atoms with van der Waals surface area (Å²) in [6, 6.07) is 17.9. The van der Waals surface area contributed by atoms with Crippen molar-refractivity contribution in [1.29, 1.82) is 0 Å². The SMILES string of the molecule is C=C1NC2=C(C(=O)CC(c3ccccc3)C2)C(c2ccc(Br)cc2)C1C(=O)OC(C)C. The molecule has 0 amide bonds. The molecule has 5 heteroatoms. The lowest BCUT2D eigenvalue weighted by atomic mass is 9.69. The molecule has 0 fully saturated rings. The second kappa shape index (κ2) is 8.83. The summed E-state index contributed by atoms with van der Waals surface area (Å²) >= 11 is 3.47. The Morgan fingerprint density at radius 2 is 1.74 bits per heavy atom. The largest absolute Gasteiger partial charge is 0.462 e. The fourth-order valence-corrected chi connectivity index (χ4v) is 4.89. The van der Waals surface area contributed by atoms with Crippen LogP contribution in [0.4, 0.5) is 0 Å². The molecule has 2 aliphatic rings. The van der Waals surface area contributed by atoms with Crippen molar-refractivity contribution in [2.24, 2.45) is 5.92 Å². The van der Waals surface area contributed by atoms with E-state index < -0.39 is 11.8 Å². The van der Waals surface area contributed by atoms with Gasteiger partial charge in [-0.1, -0.05) is 65.0 Å². The first-order valence-electron chi connectivity index (χ1n) is 10.6. The number of allylic oxidation sites excluding steroid dienone is 2. The van der Waals surface area contributed by atoms with E-state index in [4.69, 9.17) is 4.74 Å². The Kier molecular flexibility index (Phi) is 6.15. The van der Waals surface area contributed by atoms with E-state index in [-0.39, 0.29) is 23.8 Å². The molecule has 1 heterocycles. The van der Waals surface area contributed by atoms with E-state index in [1.165, 1.54) is 0 Å². The van der Waals surface area contributed by atoms with Gasteiger partial charge in [-0.15, -0.1) is 0 Å². The van der Waals surface area contributed by atoms with Gasteiger partial charge < -0.3 is 10.1 Å². The van der Waals surface area contributed by atoms with Gasteiger partial charge in [0.05, 0.1) is 6.10 Å². The molecule has 2 aromatic carbocycles. The predicted molar refractivity (Wildman–Crippen MR) is 124 cm³/mol. The Hall–Kier alpha value is -2.66. The summed E-state index contributed by atoms with van der Waals surface area (Å²) in [7, 11) is 0. The molecule has 0 bridgehead atoms. The number of halogens is 1. The number of carbonyl (C=O) groups excluding carboxylic acids is 2. The van der Waals surface area contributed by atoms with Gasteiger partial charge in [0.15, 0.2) is 5.78 Å². The van der Waals surface area contributed by atoms with Crippen LogP contribution in [0.15, 0.2) is 82.6 Å². The van der Waals surface area contributed by atoms with Gasteiger partial charge in [-0.2, -0.15) is 0 Å². The molecule has 0 aromatic heterocycles. The summed E-state index contributed by atoms with van der Waals surface area (Å²) in [5.41, 5.74) is 4.20. The van der Waals surface area contributed by atoms with Crippen LogP contribution in [0.5, 0.6) is 0 Å². The number of hydrogen-bond donors (Lipinski definition) is 1. The standard InChI is InChI=1S/C26H26BrNO3/c1-15(2)31-26(30)23-16(3)28-21-13-19(17-7-5-4-6-8-17)14-22(29)25(21)24(23)18-9-11-20(27)12-10-18/h4-12,15,19,23-24,28H,3,13-14H2,1-2H3. The third-order valence-electron chi connectivity index (χ3n) is 5.94. The van der Waals surface area contributed by atoms with Crippen LogP contribution in [0, 0.1) is 5.92 Å². The Morgan fingerprint density at radius 1 is 1.06 bits per heavy atom. The topological polar surface area (TPSA) is 55.4 Å². The van der Waals surface area contributed by atoms with Crippen molar-refractivity contribution >= 4 is 27.7 Å². The van der Waals surface area contributed by atoms with E-state index in [1.54, 1.807) is 0 Å². The zero-order valence-corrected chi connectivity index (χ0v) is 19.3. The van der Waals surface area contributed by atoms with Gasteiger partial charge in [-0.25, -0.2) is 0 Å². The maximum absolute atomic E-state index is 13.5. The summed E-state index contributed by atoms with van der Waals surface area (Å²) in [6.07, 6.45) is 0.893. The number of nitrogens with one attached hydrogen (secondary N) is 1. The summed E-state index contributed by atoms with van der Waals surface area (Å²) in [6.45, 7) is 7.82. The van der Waals surface area contributed by atoms with E-state index in [2.05, 4.69) is 40.0 Å².